The molecule has 0 bridgehead atoms. The summed E-state index contributed by atoms with van der Waals surface area (Å²) in [6.07, 6.45) is -45.7. The van der Waals surface area contributed by atoms with Gasteiger partial charge < -0.3 is 0 Å². The van der Waals surface area contributed by atoms with Crippen molar-refractivity contribution in [3.63, 3.8) is 0 Å². The number of rotatable bonds is 8. The summed E-state index contributed by atoms with van der Waals surface area (Å²) in [5.74, 6) is 0.151. The van der Waals surface area contributed by atoms with Gasteiger partial charge in [-0.3, -0.25) is 4.79 Å². The predicted octanol–water partition coefficient (Wildman–Crippen LogP) is 16.2. The van der Waals surface area contributed by atoms with Gasteiger partial charge in [0.2, 0.25) is 18.0 Å². The normalized spacial score (nSPS) is 14.3. The number of alkyl halides is 24. The highest BCUT2D eigenvalue weighted by Gasteiger charge is 2.47. The first-order valence-electron chi connectivity index (χ1n) is 23.6. The van der Waals surface area contributed by atoms with Crippen molar-refractivity contribution in [2.45, 2.75) is 81.6 Å². The van der Waals surface area contributed by atoms with Crippen LogP contribution in [-0.4, -0.2) is 11.9 Å². The molecule has 1 aliphatic carbocycles. The summed E-state index contributed by atoms with van der Waals surface area (Å²) in [7, 11) is 0. The van der Waals surface area contributed by atoms with E-state index in [9.17, 15) is 110 Å². The van der Waals surface area contributed by atoms with Crippen LogP contribution < -0.4 is 26.4 Å². The third-order valence-electron chi connectivity index (χ3n) is 13.4. The van der Waals surface area contributed by atoms with Crippen LogP contribution in [0, 0.1) is 0 Å². The van der Waals surface area contributed by atoms with Gasteiger partial charge in [-0.25, -0.2) is 0 Å². The largest absolute Gasteiger partial charge is 0.416 e. The first kappa shape index (κ1) is 62.1. The monoisotopic (exact) mass is 1190 g/mol. The number of fused-ring (bicyclic) bond motifs is 1. The Morgan fingerprint density at radius 3 is 1.01 bits per heavy atom. The van der Waals surface area contributed by atoms with E-state index in [1.54, 1.807) is 0 Å². The molecule has 0 aliphatic heterocycles. The summed E-state index contributed by atoms with van der Waals surface area (Å²) in [6.45, 7) is 0.377. The van der Waals surface area contributed by atoms with Crippen LogP contribution in [0.2, 0.25) is 0 Å². The molecule has 0 radical (unpaired) electrons. The molecule has 7 aromatic rings. The molecule has 27 heteroatoms. The first-order valence-corrected chi connectivity index (χ1v) is 23.6. The quantitative estimate of drug-likeness (QED) is 0.0643. The van der Waals surface area contributed by atoms with Gasteiger partial charge >= 0.3 is 49.4 Å². The fourth-order valence-corrected chi connectivity index (χ4v) is 9.74. The zero-order valence-corrected chi connectivity index (χ0v) is 40.9. The van der Waals surface area contributed by atoms with Crippen LogP contribution in [0.1, 0.15) is 86.2 Å². The van der Waals surface area contributed by atoms with E-state index in [1.807, 2.05) is 30.3 Å². The molecule has 0 fully saturated rings. The molecule has 2 nitrogen and oxygen atoms in total. The van der Waals surface area contributed by atoms with E-state index in [1.165, 1.54) is 34.9 Å². The Hall–Kier alpha value is -7.48. The number of hydrogen-bond donors (Lipinski definition) is 0. The highest BCUT2D eigenvalue weighted by molar-refractivity contribution is 7.20. The van der Waals surface area contributed by atoms with Gasteiger partial charge in [0.1, 0.15) is 6.15 Å². The minimum Gasteiger partial charge on any atom is -0.287 e. The van der Waals surface area contributed by atoms with Crippen molar-refractivity contribution in [1.29, 1.82) is 0 Å². The van der Waals surface area contributed by atoms with E-state index in [0.717, 1.165) is 18.4 Å². The van der Waals surface area contributed by atoms with Crippen molar-refractivity contribution in [3.8, 4) is 0 Å². The lowest BCUT2D eigenvalue weighted by atomic mass is 9.12. The summed E-state index contributed by atoms with van der Waals surface area (Å²) in [5, 5.41) is 2.46. The van der Waals surface area contributed by atoms with E-state index in [-0.39, 0.29) is 5.78 Å². The number of aromatic nitrogens is 1. The number of benzene rings is 6. The number of ketones is 1. The van der Waals surface area contributed by atoms with Gasteiger partial charge in [-0.1, -0.05) is 103 Å². The van der Waals surface area contributed by atoms with Crippen LogP contribution in [0.4, 0.5) is 105 Å². The topological polar surface area (TPSA) is 20.9 Å². The van der Waals surface area contributed by atoms with Gasteiger partial charge in [0.15, 0.2) is 6.20 Å². The number of hydrogen-bond acceptors (Lipinski definition) is 1. The third kappa shape index (κ3) is 13.7. The van der Waals surface area contributed by atoms with Gasteiger partial charge in [-0.2, -0.15) is 132 Å². The van der Waals surface area contributed by atoms with E-state index in [2.05, 4.69) is 47.2 Å². The summed E-state index contributed by atoms with van der Waals surface area (Å²) >= 11 is 0. The number of nitrogens with zero attached hydrogens (tertiary/aromatic N) is 1. The van der Waals surface area contributed by atoms with Crippen LogP contribution >= 0.6 is 0 Å². The Morgan fingerprint density at radius 2 is 0.707 bits per heavy atom. The number of Topliss-reactive ketones (excluding diaryl/α,β-unsaturated/α-hetero) is 1. The summed E-state index contributed by atoms with van der Waals surface area (Å²) in [6, 6.07) is 11.3. The lowest BCUT2D eigenvalue weighted by Gasteiger charge is -2.46. The average Bonchev–Trinajstić information content (AvgIpc) is 3.29. The van der Waals surface area contributed by atoms with Crippen molar-refractivity contribution in [2.75, 3.05) is 0 Å². The number of carbonyl (C=O) groups excluding carboxylic acids is 1. The molecule has 0 saturated heterocycles. The maximum atomic E-state index is 14.2. The number of allylic oxidation sites excluding steroid dienone is 2. The molecule has 6 aromatic carbocycles. The zero-order chi connectivity index (χ0) is 61.0. The Morgan fingerprint density at radius 1 is 0.390 bits per heavy atom. The summed E-state index contributed by atoms with van der Waals surface area (Å²) in [4.78, 5) is 12.7. The van der Waals surface area contributed by atoms with E-state index >= 15 is 0 Å². The van der Waals surface area contributed by atoms with Crippen molar-refractivity contribution < 1.29 is 115 Å². The van der Waals surface area contributed by atoms with Gasteiger partial charge in [0.05, 0.1) is 49.9 Å². The van der Waals surface area contributed by atoms with Gasteiger partial charge in [-0.15, -0.1) is 0 Å². The summed E-state index contributed by atoms with van der Waals surface area (Å²) < 4.78 is 343. The summed E-state index contributed by atoms with van der Waals surface area (Å²) in [5.41, 5.74) is -26.8. The Labute approximate surface area is 447 Å². The minimum absolute atomic E-state index is 0.151. The molecule has 82 heavy (non-hydrogen) atoms. The number of halogens is 24. The molecule has 1 aliphatic rings. The van der Waals surface area contributed by atoms with Crippen LogP contribution in [-0.2, 0) is 56.0 Å². The van der Waals surface area contributed by atoms with E-state index < -0.39 is 195 Å². The maximum absolute atomic E-state index is 14.2. The van der Waals surface area contributed by atoms with E-state index in [0.29, 0.717) is 6.54 Å². The van der Waals surface area contributed by atoms with Crippen LogP contribution in [0.25, 0.3) is 16.3 Å². The molecule has 0 spiro atoms. The molecule has 1 heterocycles. The Bertz CT molecular complexity index is 3090. The maximum Gasteiger partial charge on any atom is 0.416 e. The van der Waals surface area contributed by atoms with Crippen molar-refractivity contribution in [3.05, 3.63) is 201 Å². The Balaban J connectivity index is 0.000000318. The molecule has 8 rings (SSSR count). The lowest BCUT2D eigenvalue weighted by Crippen LogP contribution is -2.75. The second-order valence-electron chi connectivity index (χ2n) is 18.9. The predicted molar refractivity (Wildman–Crippen MR) is 251 cm³/mol. The second kappa shape index (κ2) is 22.0. The van der Waals surface area contributed by atoms with Gasteiger partial charge in [0.25, 0.3) is 0 Å². The molecule has 1 aromatic heterocycles. The molecule has 436 valence electrons. The van der Waals surface area contributed by atoms with Crippen LogP contribution in [0.3, 0.4) is 0 Å². The van der Waals surface area contributed by atoms with Gasteiger partial charge in [0, 0.05) is 17.2 Å². The van der Waals surface area contributed by atoms with Crippen LogP contribution in [0.5, 0.6) is 0 Å². The van der Waals surface area contributed by atoms with Gasteiger partial charge in [-0.05, 0) is 61.4 Å². The number of pyridine rings is 1. The van der Waals surface area contributed by atoms with E-state index in [4.69, 9.17) is 0 Å². The van der Waals surface area contributed by atoms with Crippen molar-refractivity contribution in [1.82, 2.24) is 0 Å². The fourth-order valence-electron chi connectivity index (χ4n) is 9.74. The minimum atomic E-state index is -6.13. The molecule has 0 unspecified atom stereocenters. The van der Waals surface area contributed by atoms with Crippen molar-refractivity contribution >= 4 is 50.1 Å². The lowest BCUT2D eigenvalue weighted by molar-refractivity contribution is -0.684. The highest BCUT2D eigenvalue weighted by atomic mass is 19.4. The molecule has 0 saturated carbocycles. The third-order valence-corrected chi connectivity index (χ3v) is 13.4. The molecular weight excluding hydrogens is 1160 g/mol. The SMILES string of the molecule is FC(F)(F)c1cc([B-](c2cc(C(F)(F)F)cc(C(F)(F)F)c2)(c2cc(C(F)(F)F)cc(C(F)(F)F)c2)c2cc(C(F)(F)F)cc(C(F)(F)F)c2)cc(C(F)(F)F)c1.O=C(C[n+]1ccc2ccccc2c1C1=CCCCC1)c1ccccc1. The van der Waals surface area contributed by atoms with Crippen molar-refractivity contribution in [2.24, 2.45) is 0 Å². The standard InChI is InChI=1S/C32H12BF24.C23H22NO/c34-25(35,36)13-1-14(26(37,38)39)6-21(5-13)33(22-7-15(27(40,41)42)2-16(8-22)28(43,44)45,23-9-17(29(46,47)48)3-18(10-23)30(49,50)51)24-11-19(31(52,53)54)4-20(12-24)32(55,56)57;25-22(19-10-3-1-4-11-19)17-24-16-15-18-9-7-8-14-21(18)23(24)20-12-5-2-6-13-20/h1-12H;1,3-4,7-12,14-16H,2,5-6,13,17H2/q-1;+1. The first-order chi connectivity index (χ1) is 37.6. The second-order valence-corrected chi connectivity index (χ2v) is 18.9. The molecule has 0 amide bonds. The molecule has 0 atom stereocenters. The fraction of sp³-hybridized carbons (Fsp3) is 0.236. The Kier molecular flexibility index (Phi) is 16.7. The van der Waals surface area contributed by atoms with Crippen LogP contribution in [0.15, 0.2) is 146 Å². The molecular formula is C55H34BF24NO. The number of carbonyl (C=O) groups is 1. The highest BCUT2D eigenvalue weighted by Crippen LogP contribution is 2.42. The smallest absolute Gasteiger partial charge is 0.287 e. The average molecular weight is 1190 g/mol. The molecule has 0 N–H and O–H groups in total. The zero-order valence-electron chi connectivity index (χ0n) is 40.9.